The lowest BCUT2D eigenvalue weighted by atomic mass is 9.99. The molecule has 1 aromatic carbocycles. The molecule has 10 heteroatoms. The first-order chi connectivity index (χ1) is 16.1. The number of rotatable bonds is 5. The van der Waals surface area contributed by atoms with E-state index < -0.39 is 11.4 Å². The van der Waals surface area contributed by atoms with Gasteiger partial charge in [0.2, 0.25) is 0 Å². The molecule has 3 N–H and O–H groups in total. The molecule has 0 spiro atoms. The van der Waals surface area contributed by atoms with Crippen LogP contribution in [0.1, 0.15) is 33.0 Å². The van der Waals surface area contributed by atoms with Gasteiger partial charge in [0.1, 0.15) is 17.3 Å². The maximum Gasteiger partial charge on any atom is 0.287 e. The zero-order valence-corrected chi connectivity index (χ0v) is 18.2. The van der Waals surface area contributed by atoms with Gasteiger partial charge in [-0.05, 0) is 61.6 Å². The molecule has 0 fully saturated rings. The van der Waals surface area contributed by atoms with Gasteiger partial charge in [0.25, 0.3) is 11.5 Å². The largest absolute Gasteiger partial charge is 0.334 e. The first kappa shape index (κ1) is 21.0. The minimum absolute atomic E-state index is 0.0420. The number of aromatic nitrogens is 4. The summed E-state index contributed by atoms with van der Waals surface area (Å²) in [6.45, 7) is 0. The molecule has 166 valence electrons. The second kappa shape index (κ2) is 8.91. The first-order valence-electron chi connectivity index (χ1n) is 10.4. The van der Waals surface area contributed by atoms with Crippen LogP contribution < -0.4 is 16.2 Å². The number of thiophene rings is 1. The van der Waals surface area contributed by atoms with E-state index in [1.54, 1.807) is 0 Å². The fourth-order valence-corrected chi connectivity index (χ4v) is 4.86. The predicted octanol–water partition coefficient (Wildman–Crippen LogP) is 4.30. The summed E-state index contributed by atoms with van der Waals surface area (Å²) in [6, 6.07) is 7.71. The topological polar surface area (TPSA) is 113 Å². The lowest BCUT2D eigenvalue weighted by Gasteiger charge is -2.09. The predicted molar refractivity (Wildman–Crippen MR) is 124 cm³/mol. The average Bonchev–Trinajstić information content (AvgIpc) is 3.27. The van der Waals surface area contributed by atoms with Crippen molar-refractivity contribution in [3.05, 3.63) is 80.4 Å². The van der Waals surface area contributed by atoms with E-state index in [0.29, 0.717) is 22.0 Å². The molecule has 1 aliphatic carbocycles. The minimum atomic E-state index is -0.559. The summed E-state index contributed by atoms with van der Waals surface area (Å²) in [4.78, 5) is 34.8. The van der Waals surface area contributed by atoms with Crippen LogP contribution in [-0.4, -0.2) is 26.1 Å². The van der Waals surface area contributed by atoms with E-state index in [4.69, 9.17) is 0 Å². The van der Waals surface area contributed by atoms with Crippen LogP contribution in [0.2, 0.25) is 0 Å². The van der Waals surface area contributed by atoms with Crippen LogP contribution in [0.5, 0.6) is 0 Å². The van der Waals surface area contributed by atoms with Crippen LogP contribution in [0, 0.1) is 5.82 Å². The first-order valence-corrected chi connectivity index (χ1v) is 11.2. The van der Waals surface area contributed by atoms with Crippen molar-refractivity contribution in [2.24, 2.45) is 0 Å². The van der Waals surface area contributed by atoms with Gasteiger partial charge >= 0.3 is 0 Å². The summed E-state index contributed by atoms with van der Waals surface area (Å²) in [5.41, 5.74) is 1.94. The monoisotopic (exact) mass is 462 g/mol. The summed E-state index contributed by atoms with van der Waals surface area (Å²) >= 11 is 1.47. The Kier molecular flexibility index (Phi) is 5.66. The minimum Gasteiger partial charge on any atom is -0.334 e. The molecular weight excluding hydrogens is 443 g/mol. The quantitative estimate of drug-likeness (QED) is 0.408. The SMILES string of the molecule is O=C(Nc1cc(-c2cc(Nc3cnccn3)c(=O)[nH]n2)ccc1F)c1cc2c(s1)CCCC2. The van der Waals surface area contributed by atoms with Crippen molar-refractivity contribution < 1.29 is 9.18 Å². The van der Waals surface area contributed by atoms with Crippen LogP contribution >= 0.6 is 11.3 Å². The number of fused-ring (bicyclic) bond motifs is 1. The van der Waals surface area contributed by atoms with Gasteiger partial charge < -0.3 is 10.6 Å². The number of carbonyl (C=O) groups is 1. The zero-order valence-electron chi connectivity index (χ0n) is 17.4. The molecule has 0 bridgehead atoms. The molecule has 0 unspecified atom stereocenters. The van der Waals surface area contributed by atoms with E-state index in [2.05, 4.69) is 30.8 Å². The summed E-state index contributed by atoms with van der Waals surface area (Å²) in [5.74, 6) is -0.508. The Morgan fingerprint density at radius 2 is 1.97 bits per heavy atom. The van der Waals surface area contributed by atoms with Crippen molar-refractivity contribution in [3.63, 3.8) is 0 Å². The van der Waals surface area contributed by atoms with E-state index in [1.165, 1.54) is 64.6 Å². The number of hydrogen-bond acceptors (Lipinski definition) is 7. The van der Waals surface area contributed by atoms with Gasteiger partial charge in [0.05, 0.1) is 22.5 Å². The molecule has 0 saturated heterocycles. The van der Waals surface area contributed by atoms with Gasteiger partial charge in [-0.1, -0.05) is 0 Å². The molecule has 1 aliphatic rings. The third-order valence-electron chi connectivity index (χ3n) is 5.36. The highest BCUT2D eigenvalue weighted by Gasteiger charge is 2.19. The smallest absolute Gasteiger partial charge is 0.287 e. The second-order valence-electron chi connectivity index (χ2n) is 7.63. The highest BCUT2D eigenvalue weighted by molar-refractivity contribution is 7.14. The van der Waals surface area contributed by atoms with Crippen LogP contribution in [-0.2, 0) is 12.8 Å². The fraction of sp³-hybridized carbons (Fsp3) is 0.174. The van der Waals surface area contributed by atoms with E-state index in [1.807, 2.05) is 6.07 Å². The van der Waals surface area contributed by atoms with Gasteiger partial charge in [0, 0.05) is 22.8 Å². The maximum atomic E-state index is 14.5. The second-order valence-corrected chi connectivity index (χ2v) is 8.76. The van der Waals surface area contributed by atoms with E-state index >= 15 is 0 Å². The Labute approximate surface area is 191 Å². The number of carbonyl (C=O) groups excluding carboxylic acids is 1. The number of H-pyrrole nitrogens is 1. The lowest BCUT2D eigenvalue weighted by Crippen LogP contribution is -2.14. The highest BCUT2D eigenvalue weighted by Crippen LogP contribution is 2.31. The molecule has 8 nitrogen and oxygen atoms in total. The molecule has 33 heavy (non-hydrogen) atoms. The summed E-state index contributed by atoms with van der Waals surface area (Å²) in [7, 11) is 0. The lowest BCUT2D eigenvalue weighted by molar-refractivity contribution is 0.103. The van der Waals surface area contributed by atoms with Crippen LogP contribution in [0.3, 0.4) is 0 Å². The van der Waals surface area contributed by atoms with Crippen molar-refractivity contribution in [2.75, 3.05) is 10.6 Å². The number of nitrogens with one attached hydrogen (secondary N) is 3. The highest BCUT2D eigenvalue weighted by atomic mass is 32.1. The van der Waals surface area contributed by atoms with Gasteiger partial charge in [-0.2, -0.15) is 5.10 Å². The molecule has 3 aromatic heterocycles. The number of benzene rings is 1. The summed E-state index contributed by atoms with van der Waals surface area (Å²) in [5, 5.41) is 12.0. The van der Waals surface area contributed by atoms with Crippen LogP contribution in [0.15, 0.2) is 53.7 Å². The van der Waals surface area contributed by atoms with Crippen molar-refractivity contribution >= 4 is 34.4 Å². The molecule has 0 saturated carbocycles. The maximum absolute atomic E-state index is 14.5. The van der Waals surface area contributed by atoms with E-state index in [0.717, 1.165) is 25.7 Å². The van der Waals surface area contributed by atoms with Crippen molar-refractivity contribution in [2.45, 2.75) is 25.7 Å². The Balaban J connectivity index is 1.40. The molecule has 5 rings (SSSR count). The molecule has 0 atom stereocenters. The summed E-state index contributed by atoms with van der Waals surface area (Å²) < 4.78 is 14.5. The number of nitrogens with zero attached hydrogens (tertiary/aromatic N) is 3. The Morgan fingerprint density at radius 3 is 2.79 bits per heavy atom. The fourth-order valence-electron chi connectivity index (χ4n) is 3.71. The van der Waals surface area contributed by atoms with Crippen molar-refractivity contribution in [1.29, 1.82) is 0 Å². The third-order valence-corrected chi connectivity index (χ3v) is 6.60. The molecule has 0 radical (unpaired) electrons. The van der Waals surface area contributed by atoms with Crippen LogP contribution in [0.4, 0.5) is 21.6 Å². The molecular formula is C23H19FN6O2S. The molecule has 0 aliphatic heterocycles. The van der Waals surface area contributed by atoms with Crippen molar-refractivity contribution in [3.8, 4) is 11.3 Å². The molecule has 3 heterocycles. The number of aromatic amines is 1. The van der Waals surface area contributed by atoms with Gasteiger partial charge in [0.15, 0.2) is 0 Å². The van der Waals surface area contributed by atoms with E-state index in [-0.39, 0.29) is 17.3 Å². The molecule has 4 aromatic rings. The number of aryl methyl sites for hydroxylation is 2. The Hall–Kier alpha value is -3.92. The van der Waals surface area contributed by atoms with Gasteiger partial charge in [-0.3, -0.25) is 14.6 Å². The average molecular weight is 463 g/mol. The number of hydrogen-bond donors (Lipinski definition) is 3. The standard InChI is InChI=1S/C23H19FN6O2S/c24-15-6-5-13(16-11-18(22(31)30-29-16)27-21-12-25-7-8-26-21)9-17(15)28-23(32)20-10-14-3-1-2-4-19(14)33-20/h5-12H,1-4H2,(H,28,32)(H,30,31)(H,26,27,29). The third kappa shape index (κ3) is 4.51. The van der Waals surface area contributed by atoms with Gasteiger partial charge in [-0.25, -0.2) is 14.5 Å². The Morgan fingerprint density at radius 1 is 1.09 bits per heavy atom. The number of halogens is 1. The van der Waals surface area contributed by atoms with Gasteiger partial charge in [-0.15, -0.1) is 11.3 Å². The summed E-state index contributed by atoms with van der Waals surface area (Å²) in [6.07, 6.45) is 8.72. The Bertz CT molecular complexity index is 1360. The van der Waals surface area contributed by atoms with Crippen molar-refractivity contribution in [1.82, 2.24) is 20.2 Å². The molecule has 1 amide bonds. The van der Waals surface area contributed by atoms with Crippen LogP contribution in [0.25, 0.3) is 11.3 Å². The normalized spacial score (nSPS) is 12.8. The number of amides is 1. The zero-order chi connectivity index (χ0) is 22.8. The van der Waals surface area contributed by atoms with E-state index in [9.17, 15) is 14.0 Å². The number of anilines is 3.